The van der Waals surface area contributed by atoms with Gasteiger partial charge in [0.2, 0.25) is 0 Å². The molecule has 0 aromatic carbocycles. The van der Waals surface area contributed by atoms with Gasteiger partial charge < -0.3 is 5.32 Å². The summed E-state index contributed by atoms with van der Waals surface area (Å²) >= 11 is 0. The molecule has 0 unspecified atom stereocenters. The van der Waals surface area contributed by atoms with Crippen molar-refractivity contribution in [1.82, 2.24) is 20.3 Å². The summed E-state index contributed by atoms with van der Waals surface area (Å²) in [4.78, 5) is 13.7. The van der Waals surface area contributed by atoms with Crippen LogP contribution >= 0.6 is 0 Å². The molecule has 0 saturated heterocycles. The Morgan fingerprint density at radius 1 is 1.20 bits per heavy atom. The van der Waals surface area contributed by atoms with Gasteiger partial charge in [-0.3, -0.25) is 4.98 Å². The Morgan fingerprint density at radius 2 is 2.00 bits per heavy atom. The summed E-state index contributed by atoms with van der Waals surface area (Å²) in [6, 6.07) is 4.05. The summed E-state index contributed by atoms with van der Waals surface area (Å²) in [6.45, 7) is 6.27. The summed E-state index contributed by atoms with van der Waals surface area (Å²) in [6.07, 6.45) is 5.56. The van der Waals surface area contributed by atoms with Gasteiger partial charge >= 0.3 is 0 Å². The van der Waals surface area contributed by atoms with E-state index in [4.69, 9.17) is 9.97 Å². The van der Waals surface area contributed by atoms with Crippen LogP contribution in [0.4, 0.5) is 0 Å². The van der Waals surface area contributed by atoms with Crippen LogP contribution in [0.15, 0.2) is 24.5 Å². The summed E-state index contributed by atoms with van der Waals surface area (Å²) in [5, 5.41) is 3.42. The van der Waals surface area contributed by atoms with Crippen LogP contribution in [0, 0.1) is 5.92 Å². The van der Waals surface area contributed by atoms with E-state index in [1.165, 1.54) is 11.3 Å². The topological polar surface area (TPSA) is 50.7 Å². The predicted molar refractivity (Wildman–Crippen MR) is 79.2 cm³/mol. The normalized spacial score (nSPS) is 14.3. The number of rotatable bonds is 3. The number of fused-ring (bicyclic) bond motifs is 1. The maximum Gasteiger partial charge on any atom is 0.129 e. The number of pyridine rings is 1. The SMILES string of the molecule is CC(C)Cc1nc2c(c(-c3ccncc3)n1)CNCC2. The average Bonchev–Trinajstić information content (AvgIpc) is 2.47. The summed E-state index contributed by atoms with van der Waals surface area (Å²) in [5.41, 5.74) is 4.66. The van der Waals surface area contributed by atoms with Crippen molar-refractivity contribution in [2.75, 3.05) is 6.54 Å². The first-order valence-corrected chi connectivity index (χ1v) is 7.24. The monoisotopic (exact) mass is 268 g/mol. The first-order valence-electron chi connectivity index (χ1n) is 7.24. The van der Waals surface area contributed by atoms with Crippen LogP contribution in [-0.4, -0.2) is 21.5 Å². The zero-order valence-electron chi connectivity index (χ0n) is 12.1. The second kappa shape index (κ2) is 5.67. The van der Waals surface area contributed by atoms with Gasteiger partial charge in [0.25, 0.3) is 0 Å². The third kappa shape index (κ3) is 2.70. The number of aromatic nitrogens is 3. The summed E-state index contributed by atoms with van der Waals surface area (Å²) in [7, 11) is 0. The summed E-state index contributed by atoms with van der Waals surface area (Å²) < 4.78 is 0. The van der Waals surface area contributed by atoms with E-state index in [-0.39, 0.29) is 0 Å². The van der Waals surface area contributed by atoms with Gasteiger partial charge in [0, 0.05) is 49.5 Å². The van der Waals surface area contributed by atoms with Gasteiger partial charge in [-0.1, -0.05) is 13.8 Å². The molecule has 1 N–H and O–H groups in total. The van der Waals surface area contributed by atoms with Crippen LogP contribution < -0.4 is 5.32 Å². The van der Waals surface area contributed by atoms with Crippen molar-refractivity contribution in [2.24, 2.45) is 5.92 Å². The van der Waals surface area contributed by atoms with Gasteiger partial charge in [-0.2, -0.15) is 0 Å². The fourth-order valence-electron chi connectivity index (χ4n) is 2.60. The van der Waals surface area contributed by atoms with Crippen LogP contribution in [-0.2, 0) is 19.4 Å². The lowest BCUT2D eigenvalue weighted by Crippen LogP contribution is -2.26. The van der Waals surface area contributed by atoms with Gasteiger partial charge in [-0.15, -0.1) is 0 Å². The Morgan fingerprint density at radius 3 is 2.75 bits per heavy atom. The Balaban J connectivity index is 2.10. The molecule has 4 nitrogen and oxygen atoms in total. The Bertz CT molecular complexity index is 593. The minimum Gasteiger partial charge on any atom is -0.312 e. The van der Waals surface area contributed by atoms with Crippen molar-refractivity contribution in [1.29, 1.82) is 0 Å². The maximum atomic E-state index is 4.82. The molecule has 0 bridgehead atoms. The van der Waals surface area contributed by atoms with E-state index in [0.29, 0.717) is 5.92 Å². The summed E-state index contributed by atoms with van der Waals surface area (Å²) in [5.74, 6) is 1.53. The maximum absolute atomic E-state index is 4.82. The highest BCUT2D eigenvalue weighted by molar-refractivity contribution is 5.63. The molecule has 0 saturated carbocycles. The fraction of sp³-hybridized carbons (Fsp3) is 0.438. The van der Waals surface area contributed by atoms with Crippen molar-refractivity contribution in [3.8, 4) is 11.3 Å². The van der Waals surface area contributed by atoms with Crippen molar-refractivity contribution in [3.63, 3.8) is 0 Å². The molecule has 1 aliphatic heterocycles. The van der Waals surface area contributed by atoms with E-state index in [1.807, 2.05) is 24.5 Å². The highest BCUT2D eigenvalue weighted by atomic mass is 15.0. The molecule has 0 radical (unpaired) electrons. The van der Waals surface area contributed by atoms with Crippen LogP contribution in [0.5, 0.6) is 0 Å². The molecule has 0 fully saturated rings. The van der Waals surface area contributed by atoms with Crippen molar-refractivity contribution in [2.45, 2.75) is 33.2 Å². The molecule has 104 valence electrons. The van der Waals surface area contributed by atoms with Crippen molar-refractivity contribution < 1.29 is 0 Å². The lowest BCUT2D eigenvalue weighted by Gasteiger charge is -2.20. The van der Waals surface area contributed by atoms with Gasteiger partial charge in [-0.25, -0.2) is 9.97 Å². The van der Waals surface area contributed by atoms with Crippen LogP contribution in [0.2, 0.25) is 0 Å². The first-order chi connectivity index (χ1) is 9.74. The Labute approximate surface area is 119 Å². The highest BCUT2D eigenvalue weighted by Crippen LogP contribution is 2.25. The molecule has 0 aliphatic carbocycles. The quantitative estimate of drug-likeness (QED) is 0.928. The van der Waals surface area contributed by atoms with Crippen molar-refractivity contribution in [3.05, 3.63) is 41.6 Å². The molecule has 0 atom stereocenters. The average molecular weight is 268 g/mol. The molecule has 4 heteroatoms. The number of hydrogen-bond acceptors (Lipinski definition) is 4. The minimum atomic E-state index is 0.569. The molecule has 1 aliphatic rings. The zero-order chi connectivity index (χ0) is 13.9. The van der Waals surface area contributed by atoms with Gasteiger partial charge in [-0.05, 0) is 18.1 Å². The standard InChI is InChI=1S/C16H20N4/c1-11(2)9-15-19-14-5-8-18-10-13(14)16(20-15)12-3-6-17-7-4-12/h3-4,6-7,11,18H,5,8-10H2,1-2H3. The first kappa shape index (κ1) is 13.2. The highest BCUT2D eigenvalue weighted by Gasteiger charge is 2.18. The van der Waals surface area contributed by atoms with E-state index in [2.05, 4.69) is 24.1 Å². The van der Waals surface area contributed by atoms with E-state index in [0.717, 1.165) is 43.0 Å². The third-order valence-corrected chi connectivity index (χ3v) is 3.52. The smallest absolute Gasteiger partial charge is 0.129 e. The second-order valence-electron chi connectivity index (χ2n) is 5.67. The molecule has 20 heavy (non-hydrogen) atoms. The lowest BCUT2D eigenvalue weighted by atomic mass is 10.00. The van der Waals surface area contributed by atoms with Gasteiger partial charge in [0.1, 0.15) is 5.82 Å². The molecule has 2 aromatic rings. The molecule has 0 amide bonds. The predicted octanol–water partition coefficient (Wildman–Crippen LogP) is 2.38. The number of hydrogen-bond donors (Lipinski definition) is 1. The van der Waals surface area contributed by atoms with Crippen LogP contribution in [0.1, 0.15) is 30.9 Å². The van der Waals surface area contributed by atoms with Crippen LogP contribution in [0.25, 0.3) is 11.3 Å². The molecule has 3 rings (SSSR count). The van der Waals surface area contributed by atoms with Crippen molar-refractivity contribution >= 4 is 0 Å². The molecule has 2 aromatic heterocycles. The molecular weight excluding hydrogens is 248 g/mol. The fourth-order valence-corrected chi connectivity index (χ4v) is 2.60. The lowest BCUT2D eigenvalue weighted by molar-refractivity contribution is 0.593. The van der Waals surface area contributed by atoms with E-state index < -0.39 is 0 Å². The number of nitrogens with one attached hydrogen (secondary N) is 1. The zero-order valence-corrected chi connectivity index (χ0v) is 12.1. The van der Waals surface area contributed by atoms with E-state index in [1.54, 1.807) is 0 Å². The molecule has 3 heterocycles. The number of nitrogens with zero attached hydrogens (tertiary/aromatic N) is 3. The Kier molecular flexibility index (Phi) is 3.74. The van der Waals surface area contributed by atoms with E-state index in [9.17, 15) is 0 Å². The second-order valence-corrected chi connectivity index (χ2v) is 5.67. The largest absolute Gasteiger partial charge is 0.312 e. The van der Waals surface area contributed by atoms with Gasteiger partial charge in [0.05, 0.1) is 11.4 Å². The molecule has 0 spiro atoms. The Hall–Kier alpha value is -1.81. The third-order valence-electron chi connectivity index (χ3n) is 3.52. The van der Waals surface area contributed by atoms with Gasteiger partial charge in [0.15, 0.2) is 0 Å². The molecular formula is C16H20N4. The van der Waals surface area contributed by atoms with Crippen LogP contribution in [0.3, 0.4) is 0 Å². The van der Waals surface area contributed by atoms with E-state index >= 15 is 0 Å². The minimum absolute atomic E-state index is 0.569.